The number of amides is 1. The van der Waals surface area contributed by atoms with E-state index >= 15 is 0 Å². The summed E-state index contributed by atoms with van der Waals surface area (Å²) < 4.78 is 5.25. The van der Waals surface area contributed by atoms with E-state index in [1.54, 1.807) is 13.4 Å². The predicted octanol–water partition coefficient (Wildman–Crippen LogP) is 0.900. The fourth-order valence-corrected chi connectivity index (χ4v) is 1.92. The number of methoxy groups -OCH3 is 1. The van der Waals surface area contributed by atoms with Gasteiger partial charge in [0.05, 0.1) is 31.3 Å². The zero-order chi connectivity index (χ0) is 19.5. The molecule has 2 rings (SSSR count). The van der Waals surface area contributed by atoms with Crippen molar-refractivity contribution >= 4 is 23.5 Å². The third-order valence-corrected chi connectivity index (χ3v) is 3.62. The summed E-state index contributed by atoms with van der Waals surface area (Å²) >= 11 is 0. The number of aromatic nitrogens is 4. The van der Waals surface area contributed by atoms with Crippen molar-refractivity contribution in [2.45, 2.75) is 27.7 Å². The smallest absolute Gasteiger partial charge is 0.266 e. The van der Waals surface area contributed by atoms with E-state index in [1.807, 2.05) is 33.1 Å². The van der Waals surface area contributed by atoms with Gasteiger partial charge in [-0.3, -0.25) is 9.79 Å². The minimum Gasteiger partial charge on any atom is -0.499 e. The molecule has 4 N–H and O–H groups in total. The minimum absolute atomic E-state index is 0.338. The largest absolute Gasteiger partial charge is 0.499 e. The highest BCUT2D eigenvalue weighted by molar-refractivity contribution is 5.90. The van der Waals surface area contributed by atoms with Crippen LogP contribution in [0.3, 0.4) is 0 Å². The third-order valence-electron chi connectivity index (χ3n) is 3.62. The fourth-order valence-electron chi connectivity index (χ4n) is 1.92. The van der Waals surface area contributed by atoms with Crippen LogP contribution >= 0.6 is 0 Å². The minimum atomic E-state index is -0.484. The number of carbonyl (C=O) groups excluding carboxylic acids is 1. The summed E-state index contributed by atoms with van der Waals surface area (Å²) in [6.07, 6.45) is 8.30. The Labute approximate surface area is 152 Å². The van der Waals surface area contributed by atoms with E-state index in [1.165, 1.54) is 12.5 Å². The molecule has 0 bridgehead atoms. The zero-order valence-corrected chi connectivity index (χ0v) is 15.8. The average Bonchev–Trinajstić information content (AvgIpc) is 3.32. The van der Waals surface area contributed by atoms with Crippen LogP contribution in [0.15, 0.2) is 35.5 Å². The summed E-state index contributed by atoms with van der Waals surface area (Å²) in [5.74, 6) is 0.347. The molecule has 0 saturated heterocycles. The number of carbonyl (C=O) groups is 1. The van der Waals surface area contributed by atoms with Gasteiger partial charge in [-0.1, -0.05) is 0 Å². The second-order valence-corrected chi connectivity index (χ2v) is 5.34. The van der Waals surface area contributed by atoms with E-state index in [9.17, 15) is 4.79 Å². The summed E-state index contributed by atoms with van der Waals surface area (Å²) in [5.41, 5.74) is 7.44. The first-order valence-electron chi connectivity index (χ1n) is 8.12. The Hall–Kier alpha value is -3.16. The van der Waals surface area contributed by atoms with Gasteiger partial charge < -0.3 is 20.4 Å². The Morgan fingerprint density at radius 1 is 1.31 bits per heavy atom. The van der Waals surface area contributed by atoms with E-state index in [0.29, 0.717) is 5.69 Å². The van der Waals surface area contributed by atoms with E-state index in [2.05, 4.69) is 31.9 Å². The molecule has 0 saturated carbocycles. The molecule has 0 aromatic carbocycles. The molecule has 0 aliphatic rings. The molecule has 8 heteroatoms. The first-order valence-corrected chi connectivity index (χ1v) is 8.12. The van der Waals surface area contributed by atoms with Crippen molar-refractivity contribution in [2.75, 3.05) is 13.7 Å². The lowest BCUT2D eigenvalue weighted by Crippen LogP contribution is -2.29. The van der Waals surface area contributed by atoms with Gasteiger partial charge in [-0.2, -0.15) is 0 Å². The maximum absolute atomic E-state index is 10.2. The number of imidazole rings is 2. The van der Waals surface area contributed by atoms with Crippen LogP contribution in [0.25, 0.3) is 11.3 Å². The van der Waals surface area contributed by atoms with E-state index in [-0.39, 0.29) is 0 Å². The zero-order valence-electron chi connectivity index (χ0n) is 15.8. The molecule has 2 aromatic heterocycles. The number of aromatic amines is 2. The monoisotopic (exact) mass is 358 g/mol. The fraction of sp³-hybridized carbons (Fsp3) is 0.333. The maximum Gasteiger partial charge on any atom is 0.266 e. The van der Waals surface area contributed by atoms with Gasteiger partial charge in [0, 0.05) is 12.8 Å². The number of nitrogens with zero attached hydrogens (tertiary/aromatic N) is 3. The molecule has 0 atom stereocenters. The summed E-state index contributed by atoms with van der Waals surface area (Å²) in [6, 6.07) is 0. The number of nitrogens with two attached hydrogens (primary N) is 1. The number of allylic oxidation sites excluding steroid dienone is 2. The Kier molecular flexibility index (Phi) is 8.56. The number of H-pyrrole nitrogens is 2. The van der Waals surface area contributed by atoms with E-state index in [4.69, 9.17) is 10.5 Å². The summed E-state index contributed by atoms with van der Waals surface area (Å²) in [4.78, 5) is 28.0. The molecule has 8 nitrogen and oxygen atoms in total. The van der Waals surface area contributed by atoms with Crippen LogP contribution in [0, 0.1) is 0 Å². The molecule has 0 unspecified atom stereocenters. The van der Waals surface area contributed by atoms with Crippen molar-refractivity contribution in [1.29, 1.82) is 0 Å². The average molecular weight is 358 g/mol. The van der Waals surface area contributed by atoms with Gasteiger partial charge in [0.2, 0.25) is 0 Å². The van der Waals surface area contributed by atoms with Crippen molar-refractivity contribution in [3.63, 3.8) is 0 Å². The SMILES string of the molecule is CCN=C/C=C(C)/C(C)=c1\nc[nH]\c1=C(\C)OC.NC(=O)c1cnc[nH]1. The highest BCUT2D eigenvalue weighted by atomic mass is 16.5. The quantitative estimate of drug-likeness (QED) is 0.687. The molecule has 26 heavy (non-hydrogen) atoms. The number of hydrogen-bond donors (Lipinski definition) is 3. The van der Waals surface area contributed by atoms with Gasteiger partial charge >= 0.3 is 0 Å². The Bertz CT molecular complexity index is 875. The predicted molar refractivity (Wildman–Crippen MR) is 103 cm³/mol. The lowest BCUT2D eigenvalue weighted by molar-refractivity contribution is 0.0996. The second-order valence-electron chi connectivity index (χ2n) is 5.34. The number of ether oxygens (including phenoxy) is 1. The van der Waals surface area contributed by atoms with Crippen LogP contribution in [0.1, 0.15) is 38.2 Å². The maximum atomic E-state index is 10.2. The highest BCUT2D eigenvalue weighted by Crippen LogP contribution is 2.05. The highest BCUT2D eigenvalue weighted by Gasteiger charge is 2.01. The number of hydrogen-bond acceptors (Lipinski definition) is 5. The van der Waals surface area contributed by atoms with Crippen LogP contribution in [0.2, 0.25) is 0 Å². The second kappa shape index (κ2) is 10.7. The number of nitrogens with one attached hydrogen (secondary N) is 2. The Morgan fingerprint density at radius 2 is 2.04 bits per heavy atom. The third kappa shape index (κ3) is 6.04. The van der Waals surface area contributed by atoms with Crippen LogP contribution in [0.4, 0.5) is 0 Å². The van der Waals surface area contributed by atoms with Gasteiger partial charge in [0.15, 0.2) is 0 Å². The number of rotatable bonds is 5. The molecular weight excluding hydrogens is 332 g/mol. The van der Waals surface area contributed by atoms with Crippen molar-refractivity contribution in [1.82, 2.24) is 19.9 Å². The van der Waals surface area contributed by atoms with Gasteiger partial charge in [-0.05, 0) is 44.9 Å². The molecule has 0 fully saturated rings. The molecular formula is C18H26N6O2. The number of primary amides is 1. The lowest BCUT2D eigenvalue weighted by atomic mass is 10.1. The number of aliphatic imine (C=N–C) groups is 1. The standard InChI is InChI=1S/C14H21N3O.C4H5N3O/c1-6-15-8-7-10(2)11(3)13-14(12(4)18-5)17-9-16-13;5-4(8)3-1-6-2-7-3/h7-9H,6H2,1-5H3,(H,16,17);1-2H,(H2,5,8)(H,6,7)/b10-7+,13-11-,14-12-,15-8?;. The molecule has 1 amide bonds. The molecule has 2 heterocycles. The van der Waals surface area contributed by atoms with Gasteiger partial charge in [0.1, 0.15) is 16.8 Å². The Morgan fingerprint density at radius 3 is 2.54 bits per heavy atom. The van der Waals surface area contributed by atoms with Crippen LogP contribution < -0.4 is 16.4 Å². The van der Waals surface area contributed by atoms with Gasteiger partial charge in [-0.25, -0.2) is 9.97 Å². The normalized spacial score (nSPS) is 13.8. The Balaban J connectivity index is 0.000000350. The summed E-state index contributed by atoms with van der Waals surface area (Å²) in [6.45, 7) is 8.83. The van der Waals surface area contributed by atoms with Crippen LogP contribution in [-0.4, -0.2) is 45.7 Å². The first kappa shape index (κ1) is 20.9. The van der Waals surface area contributed by atoms with Crippen LogP contribution in [-0.2, 0) is 4.74 Å². The molecule has 0 spiro atoms. The molecule has 0 aliphatic carbocycles. The summed E-state index contributed by atoms with van der Waals surface area (Å²) in [5, 5.41) is 1.85. The van der Waals surface area contributed by atoms with E-state index in [0.717, 1.165) is 34.1 Å². The van der Waals surface area contributed by atoms with Crippen molar-refractivity contribution < 1.29 is 9.53 Å². The van der Waals surface area contributed by atoms with Gasteiger partial charge in [0.25, 0.3) is 5.91 Å². The molecule has 2 aromatic rings. The van der Waals surface area contributed by atoms with Crippen molar-refractivity contribution in [3.8, 4) is 0 Å². The van der Waals surface area contributed by atoms with Crippen LogP contribution in [0.5, 0.6) is 0 Å². The molecule has 0 radical (unpaired) electrons. The molecule has 140 valence electrons. The summed E-state index contributed by atoms with van der Waals surface area (Å²) in [7, 11) is 1.66. The van der Waals surface area contributed by atoms with E-state index < -0.39 is 5.91 Å². The first-order chi connectivity index (χ1) is 12.4. The van der Waals surface area contributed by atoms with Crippen molar-refractivity contribution in [3.05, 3.63) is 46.9 Å². The van der Waals surface area contributed by atoms with Gasteiger partial charge in [-0.15, -0.1) is 0 Å². The van der Waals surface area contributed by atoms with Crippen molar-refractivity contribution in [2.24, 2.45) is 10.7 Å². The topological polar surface area (TPSA) is 122 Å². The molecule has 0 aliphatic heterocycles. The lowest BCUT2D eigenvalue weighted by Gasteiger charge is -1.99.